The van der Waals surface area contributed by atoms with Crippen LogP contribution >= 0.6 is 23.2 Å². The van der Waals surface area contributed by atoms with Gasteiger partial charge in [-0.1, -0.05) is 23.2 Å². The number of nitrogens with zero attached hydrogens (tertiary/aromatic N) is 3. The molecule has 0 atom stereocenters. The molecule has 0 aliphatic rings. The molecular weight excluding hydrogens is 197 g/mol. The summed E-state index contributed by atoms with van der Waals surface area (Å²) in [5.41, 5.74) is 1.43. The molecule has 2 rings (SSSR count). The number of fused-ring (bicyclic) bond motifs is 1. The van der Waals surface area contributed by atoms with E-state index in [1.165, 1.54) is 4.52 Å². The van der Waals surface area contributed by atoms with E-state index < -0.39 is 0 Å². The van der Waals surface area contributed by atoms with Crippen molar-refractivity contribution in [2.45, 2.75) is 6.92 Å². The van der Waals surface area contributed by atoms with Crippen LogP contribution in [-0.4, -0.2) is 14.6 Å². The van der Waals surface area contributed by atoms with Gasteiger partial charge in [0.05, 0.1) is 16.9 Å². The van der Waals surface area contributed by atoms with Gasteiger partial charge in [-0.15, -0.1) is 0 Å². The Bertz CT molecular complexity index is 435. The van der Waals surface area contributed by atoms with Crippen molar-refractivity contribution in [1.29, 1.82) is 0 Å². The van der Waals surface area contributed by atoms with Gasteiger partial charge in [0.15, 0.2) is 10.8 Å². The van der Waals surface area contributed by atoms with Gasteiger partial charge < -0.3 is 0 Å². The van der Waals surface area contributed by atoms with Crippen LogP contribution in [0.5, 0.6) is 0 Å². The molecule has 5 heteroatoms. The zero-order chi connectivity index (χ0) is 8.72. The number of hydrogen-bond acceptors (Lipinski definition) is 2. The smallest absolute Gasteiger partial charge is 0.157 e. The normalized spacial score (nSPS) is 10.9. The summed E-state index contributed by atoms with van der Waals surface area (Å²) in [5, 5.41) is 4.82. The van der Waals surface area contributed by atoms with Crippen LogP contribution in [0.15, 0.2) is 12.3 Å². The van der Waals surface area contributed by atoms with Crippen LogP contribution in [0.3, 0.4) is 0 Å². The molecule has 0 aliphatic carbocycles. The molecule has 0 aromatic carbocycles. The summed E-state index contributed by atoms with van der Waals surface area (Å²) in [6.45, 7) is 1.81. The number of aromatic nitrogens is 3. The second kappa shape index (κ2) is 2.61. The number of aryl methyl sites for hydroxylation is 1. The predicted molar refractivity (Wildman–Crippen MR) is 47.7 cm³/mol. The van der Waals surface area contributed by atoms with Crippen molar-refractivity contribution in [2.24, 2.45) is 0 Å². The van der Waals surface area contributed by atoms with Gasteiger partial charge in [-0.2, -0.15) is 5.10 Å². The molecule has 0 bridgehead atoms. The lowest BCUT2D eigenvalue weighted by molar-refractivity contribution is 0.930. The van der Waals surface area contributed by atoms with E-state index in [9.17, 15) is 0 Å². The highest BCUT2D eigenvalue weighted by molar-refractivity contribution is 6.41. The van der Waals surface area contributed by atoms with Gasteiger partial charge in [-0.3, -0.25) is 0 Å². The average Bonchev–Trinajstić information content (AvgIpc) is 2.48. The van der Waals surface area contributed by atoms with E-state index in [1.54, 1.807) is 19.2 Å². The first-order valence-electron chi connectivity index (χ1n) is 3.35. The second-order valence-corrected chi connectivity index (χ2v) is 3.14. The molecule has 0 amide bonds. The van der Waals surface area contributed by atoms with Crippen molar-refractivity contribution in [2.75, 3.05) is 0 Å². The Labute approximate surface area is 78.9 Å². The Morgan fingerprint density at radius 1 is 1.42 bits per heavy atom. The molecule has 0 fully saturated rings. The summed E-state index contributed by atoms with van der Waals surface area (Å²) in [6.07, 6.45) is 1.63. The summed E-state index contributed by atoms with van der Waals surface area (Å²) < 4.78 is 1.50. The van der Waals surface area contributed by atoms with Gasteiger partial charge in [0.25, 0.3) is 0 Å². The van der Waals surface area contributed by atoms with E-state index in [0.717, 1.165) is 5.69 Å². The largest absolute Gasteiger partial charge is 0.232 e. The van der Waals surface area contributed by atoms with Gasteiger partial charge in [-0.25, -0.2) is 9.50 Å². The Morgan fingerprint density at radius 3 is 2.92 bits per heavy atom. The summed E-state index contributed by atoms with van der Waals surface area (Å²) in [6, 6.07) is 1.77. The second-order valence-electron chi connectivity index (χ2n) is 2.40. The zero-order valence-corrected chi connectivity index (χ0v) is 7.76. The summed E-state index contributed by atoms with van der Waals surface area (Å²) in [4.78, 5) is 4.18. The van der Waals surface area contributed by atoms with E-state index >= 15 is 0 Å². The monoisotopic (exact) mass is 201 g/mol. The predicted octanol–water partition coefficient (Wildman–Crippen LogP) is 2.34. The molecule has 0 saturated heterocycles. The van der Waals surface area contributed by atoms with Crippen molar-refractivity contribution in [3.63, 3.8) is 0 Å². The van der Waals surface area contributed by atoms with Crippen molar-refractivity contribution < 1.29 is 0 Å². The lowest BCUT2D eigenvalue weighted by atomic mass is 10.4. The molecule has 0 radical (unpaired) electrons. The van der Waals surface area contributed by atoms with Gasteiger partial charge in [-0.05, 0) is 6.92 Å². The lowest BCUT2D eigenvalue weighted by Gasteiger charge is -2.01. The Hall–Kier alpha value is -0.800. The first kappa shape index (κ1) is 7.83. The molecule has 0 spiro atoms. The topological polar surface area (TPSA) is 30.2 Å². The first-order valence-corrected chi connectivity index (χ1v) is 4.11. The molecule has 0 saturated carbocycles. The molecule has 2 aromatic heterocycles. The van der Waals surface area contributed by atoms with E-state index in [4.69, 9.17) is 23.2 Å². The van der Waals surface area contributed by atoms with E-state index in [1.807, 2.05) is 0 Å². The minimum atomic E-state index is 0.407. The first-order chi connectivity index (χ1) is 5.70. The van der Waals surface area contributed by atoms with Gasteiger partial charge >= 0.3 is 0 Å². The maximum absolute atomic E-state index is 5.90. The molecule has 0 N–H and O–H groups in total. The quantitative estimate of drug-likeness (QED) is 0.613. The fourth-order valence-electron chi connectivity index (χ4n) is 0.995. The number of rotatable bonds is 0. The van der Waals surface area contributed by atoms with Crippen LogP contribution in [0.2, 0.25) is 10.2 Å². The minimum Gasteiger partial charge on any atom is -0.232 e. The Kier molecular flexibility index (Phi) is 1.70. The summed E-state index contributed by atoms with van der Waals surface area (Å²) >= 11 is 11.8. The SMILES string of the molecule is Cc1nc2ccnn2c(Cl)c1Cl. The third kappa shape index (κ3) is 0.974. The lowest BCUT2D eigenvalue weighted by Crippen LogP contribution is -1.95. The molecular formula is C7H5Cl2N3. The van der Waals surface area contributed by atoms with Gasteiger partial charge in [0.1, 0.15) is 0 Å². The Morgan fingerprint density at radius 2 is 2.17 bits per heavy atom. The van der Waals surface area contributed by atoms with E-state index in [-0.39, 0.29) is 0 Å². The van der Waals surface area contributed by atoms with Crippen LogP contribution in [0.25, 0.3) is 5.65 Å². The van der Waals surface area contributed by atoms with Crippen molar-refractivity contribution >= 4 is 28.8 Å². The number of hydrogen-bond donors (Lipinski definition) is 0. The third-order valence-electron chi connectivity index (χ3n) is 1.59. The van der Waals surface area contributed by atoms with Crippen LogP contribution < -0.4 is 0 Å². The fourth-order valence-corrected chi connectivity index (χ4v) is 1.38. The molecule has 2 heterocycles. The molecule has 3 nitrogen and oxygen atoms in total. The van der Waals surface area contributed by atoms with E-state index in [0.29, 0.717) is 15.8 Å². The molecule has 0 unspecified atom stereocenters. The van der Waals surface area contributed by atoms with Crippen LogP contribution in [0, 0.1) is 6.92 Å². The maximum Gasteiger partial charge on any atom is 0.157 e. The Balaban J connectivity index is 2.94. The van der Waals surface area contributed by atoms with Crippen LogP contribution in [0.4, 0.5) is 0 Å². The third-order valence-corrected chi connectivity index (χ3v) is 2.49. The van der Waals surface area contributed by atoms with Gasteiger partial charge in [0, 0.05) is 6.07 Å². The average molecular weight is 202 g/mol. The van der Waals surface area contributed by atoms with Crippen molar-refractivity contribution in [3.05, 3.63) is 28.1 Å². The van der Waals surface area contributed by atoms with Gasteiger partial charge in [0.2, 0.25) is 0 Å². The summed E-state index contributed by atoms with van der Waals surface area (Å²) in [5.74, 6) is 0. The van der Waals surface area contributed by atoms with Crippen LogP contribution in [-0.2, 0) is 0 Å². The highest BCUT2D eigenvalue weighted by Gasteiger charge is 2.08. The highest BCUT2D eigenvalue weighted by atomic mass is 35.5. The molecule has 12 heavy (non-hydrogen) atoms. The number of halogens is 2. The van der Waals surface area contributed by atoms with Crippen LogP contribution in [0.1, 0.15) is 5.69 Å². The van der Waals surface area contributed by atoms with E-state index in [2.05, 4.69) is 10.1 Å². The molecule has 0 aliphatic heterocycles. The maximum atomic E-state index is 5.90. The highest BCUT2D eigenvalue weighted by Crippen LogP contribution is 2.24. The van der Waals surface area contributed by atoms with Crippen molar-refractivity contribution in [3.8, 4) is 0 Å². The minimum absolute atomic E-state index is 0.407. The van der Waals surface area contributed by atoms with Crippen molar-refractivity contribution in [1.82, 2.24) is 14.6 Å². The summed E-state index contributed by atoms with van der Waals surface area (Å²) in [7, 11) is 0. The zero-order valence-electron chi connectivity index (χ0n) is 6.25. The molecule has 62 valence electrons. The fraction of sp³-hybridized carbons (Fsp3) is 0.143. The standard InChI is InChI=1S/C7H5Cl2N3/c1-4-6(8)7(9)12-5(11-4)2-3-10-12/h2-3H,1H3. The molecule has 2 aromatic rings.